The Kier molecular flexibility index (Phi) is 8.08. The number of fused-ring (bicyclic) bond motifs is 3. The van der Waals surface area contributed by atoms with Crippen molar-refractivity contribution in [3.8, 4) is 79.0 Å². The lowest BCUT2D eigenvalue weighted by molar-refractivity contribution is 0.623. The van der Waals surface area contributed by atoms with E-state index in [0.717, 1.165) is 77.5 Å². The molecule has 0 bridgehead atoms. The van der Waals surface area contributed by atoms with Crippen LogP contribution in [-0.4, -0.2) is 19.9 Å². The van der Waals surface area contributed by atoms with Crippen molar-refractivity contribution in [3.63, 3.8) is 0 Å². The predicted octanol–water partition coefficient (Wildman–Crippen LogP) is 12.8. The van der Waals surface area contributed by atoms with E-state index in [2.05, 4.69) is 121 Å². The number of hydrogen-bond donors (Lipinski definition) is 0. The molecule has 55 heavy (non-hydrogen) atoms. The number of oxazole rings is 1. The summed E-state index contributed by atoms with van der Waals surface area (Å²) in [5.74, 6) is 2.48. The summed E-state index contributed by atoms with van der Waals surface area (Å²) in [4.78, 5) is 19.9. The molecule has 0 saturated carbocycles. The zero-order valence-electron chi connectivity index (χ0n) is 29.7. The molecule has 0 saturated heterocycles. The van der Waals surface area contributed by atoms with Crippen LogP contribution >= 0.6 is 0 Å². The molecule has 0 aliphatic carbocycles. The van der Waals surface area contributed by atoms with Crippen LogP contribution in [0.1, 0.15) is 0 Å². The highest BCUT2D eigenvalue weighted by Crippen LogP contribution is 2.41. The Morgan fingerprint density at radius 3 is 1.53 bits per heavy atom. The second kappa shape index (κ2) is 13.8. The van der Waals surface area contributed by atoms with Gasteiger partial charge in [-0.25, -0.2) is 19.9 Å². The molecule has 0 unspecified atom stereocenters. The average molecular weight is 705 g/mol. The highest BCUT2D eigenvalue weighted by atomic mass is 16.3. The van der Waals surface area contributed by atoms with Gasteiger partial charge < -0.3 is 4.42 Å². The second-order valence-electron chi connectivity index (χ2n) is 13.4. The zero-order valence-corrected chi connectivity index (χ0v) is 29.7. The number of aromatic nitrogens is 4. The molecule has 0 atom stereocenters. The molecule has 0 spiro atoms. The van der Waals surface area contributed by atoms with Gasteiger partial charge in [-0.05, 0) is 63.0 Å². The van der Waals surface area contributed by atoms with Gasteiger partial charge in [-0.15, -0.1) is 0 Å². The predicted molar refractivity (Wildman–Crippen MR) is 223 cm³/mol. The van der Waals surface area contributed by atoms with Crippen molar-refractivity contribution in [2.75, 3.05) is 0 Å². The zero-order chi connectivity index (χ0) is 36.6. The molecule has 0 fully saturated rings. The fraction of sp³-hybridized carbons (Fsp3) is 0. The summed E-state index contributed by atoms with van der Waals surface area (Å²) in [5.41, 5.74) is 12.0. The minimum absolute atomic E-state index is 0.614. The van der Waals surface area contributed by atoms with Gasteiger partial charge >= 0.3 is 0 Å². The number of hydrogen-bond acceptors (Lipinski definition) is 5. The molecule has 10 rings (SSSR count). The summed E-state index contributed by atoms with van der Waals surface area (Å²) >= 11 is 0. The molecule has 0 radical (unpaired) electrons. The van der Waals surface area contributed by atoms with Crippen molar-refractivity contribution in [1.82, 2.24) is 19.9 Å². The van der Waals surface area contributed by atoms with Crippen molar-refractivity contribution >= 4 is 21.9 Å². The van der Waals surface area contributed by atoms with Crippen LogP contribution in [0, 0.1) is 0 Å². The minimum atomic E-state index is 0.614. The average Bonchev–Trinajstić information content (AvgIpc) is 3.72. The van der Waals surface area contributed by atoms with E-state index in [1.54, 1.807) is 0 Å². The van der Waals surface area contributed by atoms with E-state index in [9.17, 15) is 0 Å². The number of rotatable bonds is 7. The highest BCUT2D eigenvalue weighted by molar-refractivity contribution is 6.12. The molecule has 0 N–H and O–H groups in total. The molecule has 5 heteroatoms. The summed E-state index contributed by atoms with van der Waals surface area (Å²) in [5, 5.41) is 2.14. The summed E-state index contributed by atoms with van der Waals surface area (Å²) in [7, 11) is 0. The van der Waals surface area contributed by atoms with E-state index < -0.39 is 0 Å². The quantitative estimate of drug-likeness (QED) is 0.165. The van der Waals surface area contributed by atoms with Crippen molar-refractivity contribution in [2.45, 2.75) is 0 Å². The first kappa shape index (κ1) is 32.2. The molecular weight excluding hydrogens is 673 g/mol. The number of nitrogens with zero attached hydrogens (tertiary/aromatic N) is 4. The van der Waals surface area contributed by atoms with E-state index in [1.165, 1.54) is 0 Å². The first-order chi connectivity index (χ1) is 27.2. The van der Waals surface area contributed by atoms with Crippen LogP contribution in [0.4, 0.5) is 0 Å². The van der Waals surface area contributed by atoms with Gasteiger partial charge in [0, 0.05) is 27.6 Å². The first-order valence-corrected chi connectivity index (χ1v) is 18.3. The molecule has 258 valence electrons. The van der Waals surface area contributed by atoms with Crippen LogP contribution in [-0.2, 0) is 0 Å². The third-order valence-corrected chi connectivity index (χ3v) is 9.99. The van der Waals surface area contributed by atoms with Gasteiger partial charge in [0.2, 0.25) is 5.89 Å². The molecule has 2 aromatic heterocycles. The minimum Gasteiger partial charge on any atom is -0.435 e. The van der Waals surface area contributed by atoms with E-state index in [0.29, 0.717) is 23.4 Å². The molecule has 0 amide bonds. The Bertz CT molecular complexity index is 2960. The van der Waals surface area contributed by atoms with Crippen molar-refractivity contribution in [2.24, 2.45) is 0 Å². The van der Waals surface area contributed by atoms with Crippen molar-refractivity contribution < 1.29 is 4.42 Å². The highest BCUT2D eigenvalue weighted by Gasteiger charge is 2.18. The summed E-state index contributed by atoms with van der Waals surface area (Å²) in [6, 6.07) is 66.5. The largest absolute Gasteiger partial charge is 0.435 e. The van der Waals surface area contributed by atoms with E-state index in [4.69, 9.17) is 24.4 Å². The molecule has 8 aromatic carbocycles. The maximum Gasteiger partial charge on any atom is 0.227 e. The van der Waals surface area contributed by atoms with Gasteiger partial charge in [-0.2, -0.15) is 0 Å². The maximum absolute atomic E-state index is 6.52. The topological polar surface area (TPSA) is 64.7 Å². The molecular formula is C50H32N4O. The van der Waals surface area contributed by atoms with Crippen LogP contribution in [0.15, 0.2) is 199 Å². The van der Waals surface area contributed by atoms with Crippen LogP contribution in [0.3, 0.4) is 0 Å². The smallest absolute Gasteiger partial charge is 0.227 e. The Hall–Kier alpha value is -7.50. The van der Waals surface area contributed by atoms with E-state index >= 15 is 0 Å². The Labute approximate surface area is 318 Å². The molecule has 5 nitrogen and oxygen atoms in total. The third-order valence-electron chi connectivity index (χ3n) is 9.99. The lowest BCUT2D eigenvalue weighted by Crippen LogP contribution is -2.00. The SMILES string of the molecule is c1ccc(-c2cccc(-c3nc(-c4ccccc4)nc(-c4ccc(-c5ccccc5-c5cccc6ccc7nc(-c8ccccc8)oc7c56)cc4)n3)c2)cc1. The standard InChI is InChI=1S/C50H32N4O/c1-4-14-33(15-5-1)39-21-12-22-40(32-39)49-53-47(36-16-6-2-7-17-36)52-48(54-49)37-28-26-34(27-29-37)41-23-10-11-24-42(41)43-25-13-20-35-30-31-44-46(45(35)43)55-50(51-44)38-18-8-3-9-19-38/h1-32H. The van der Waals surface area contributed by atoms with Crippen LogP contribution in [0.2, 0.25) is 0 Å². The molecule has 2 heterocycles. The molecule has 10 aromatic rings. The van der Waals surface area contributed by atoms with Crippen LogP contribution in [0.25, 0.3) is 101 Å². The second-order valence-corrected chi connectivity index (χ2v) is 13.4. The van der Waals surface area contributed by atoms with Crippen molar-refractivity contribution in [1.29, 1.82) is 0 Å². The summed E-state index contributed by atoms with van der Waals surface area (Å²) < 4.78 is 6.52. The Morgan fingerprint density at radius 1 is 0.309 bits per heavy atom. The van der Waals surface area contributed by atoms with Gasteiger partial charge in [0.05, 0.1) is 0 Å². The maximum atomic E-state index is 6.52. The molecule has 0 aliphatic heterocycles. The van der Waals surface area contributed by atoms with Crippen LogP contribution < -0.4 is 0 Å². The normalized spacial score (nSPS) is 11.3. The van der Waals surface area contributed by atoms with Crippen molar-refractivity contribution in [3.05, 3.63) is 194 Å². The van der Waals surface area contributed by atoms with Gasteiger partial charge in [0.1, 0.15) is 5.52 Å². The number of benzene rings is 8. The summed E-state index contributed by atoms with van der Waals surface area (Å²) in [6.07, 6.45) is 0. The van der Waals surface area contributed by atoms with Gasteiger partial charge in [-0.1, -0.05) is 170 Å². The van der Waals surface area contributed by atoms with E-state index in [1.807, 2.05) is 72.8 Å². The summed E-state index contributed by atoms with van der Waals surface area (Å²) in [6.45, 7) is 0. The third kappa shape index (κ3) is 6.14. The lowest BCUT2D eigenvalue weighted by atomic mass is 9.91. The monoisotopic (exact) mass is 704 g/mol. The Morgan fingerprint density at radius 2 is 0.818 bits per heavy atom. The van der Waals surface area contributed by atoms with Crippen LogP contribution in [0.5, 0.6) is 0 Å². The van der Waals surface area contributed by atoms with E-state index in [-0.39, 0.29) is 0 Å². The van der Waals surface area contributed by atoms with Gasteiger partial charge in [-0.3, -0.25) is 0 Å². The fourth-order valence-electron chi connectivity index (χ4n) is 7.27. The Balaban J connectivity index is 1.06. The van der Waals surface area contributed by atoms with Gasteiger partial charge in [0.25, 0.3) is 0 Å². The van der Waals surface area contributed by atoms with Gasteiger partial charge in [0.15, 0.2) is 23.1 Å². The fourth-order valence-corrected chi connectivity index (χ4v) is 7.27. The first-order valence-electron chi connectivity index (χ1n) is 18.3. The lowest BCUT2D eigenvalue weighted by Gasteiger charge is -2.14. The molecule has 0 aliphatic rings.